The third-order valence-electron chi connectivity index (χ3n) is 7.84. The third-order valence-corrected chi connectivity index (χ3v) is 7.84. The Morgan fingerprint density at radius 1 is 1.23 bits per heavy atom. The Labute approximate surface area is 153 Å². The van der Waals surface area contributed by atoms with Crippen LogP contribution in [0.2, 0.25) is 0 Å². The highest BCUT2D eigenvalue weighted by Crippen LogP contribution is 2.72. The number of hydrogen-bond acceptors (Lipinski definition) is 6. The van der Waals surface area contributed by atoms with Crippen LogP contribution in [0.1, 0.15) is 46.5 Å². The molecule has 0 aromatic heterocycles. The zero-order chi connectivity index (χ0) is 19.4. The van der Waals surface area contributed by atoms with Crippen LogP contribution in [-0.4, -0.2) is 55.9 Å². The van der Waals surface area contributed by atoms with Gasteiger partial charge in [0.15, 0.2) is 0 Å². The fourth-order valence-corrected chi connectivity index (χ4v) is 6.32. The maximum absolute atomic E-state index is 13.3. The highest BCUT2D eigenvalue weighted by atomic mass is 16.7. The van der Waals surface area contributed by atoms with Crippen molar-refractivity contribution in [3.63, 3.8) is 0 Å². The number of aliphatic hydroxyl groups excluding tert-OH is 1. The summed E-state index contributed by atoms with van der Waals surface area (Å²) in [4.78, 5) is 13.3. The molecule has 0 aromatic carbocycles. The van der Waals surface area contributed by atoms with E-state index in [-0.39, 0.29) is 18.6 Å². The van der Waals surface area contributed by atoms with E-state index in [0.29, 0.717) is 19.3 Å². The molecular weight excluding hydrogens is 336 g/mol. The van der Waals surface area contributed by atoms with Crippen molar-refractivity contribution in [3.05, 3.63) is 24.3 Å². The number of carbonyl (C=O) groups is 1. The molecule has 1 saturated heterocycles. The van der Waals surface area contributed by atoms with Crippen LogP contribution in [0.15, 0.2) is 24.3 Å². The maximum atomic E-state index is 13.3. The summed E-state index contributed by atoms with van der Waals surface area (Å²) in [6, 6.07) is 0. The lowest BCUT2D eigenvalue weighted by Crippen LogP contribution is -2.83. The molecule has 1 heterocycles. The Kier molecular flexibility index (Phi) is 3.29. The van der Waals surface area contributed by atoms with Crippen molar-refractivity contribution in [1.82, 2.24) is 0 Å². The third kappa shape index (κ3) is 1.53. The van der Waals surface area contributed by atoms with Gasteiger partial charge in [0.1, 0.15) is 11.2 Å². The van der Waals surface area contributed by atoms with E-state index in [2.05, 4.69) is 6.58 Å². The van der Waals surface area contributed by atoms with Crippen LogP contribution in [0.5, 0.6) is 0 Å². The van der Waals surface area contributed by atoms with Crippen molar-refractivity contribution in [3.8, 4) is 0 Å². The molecule has 0 amide bonds. The average Bonchev–Trinajstić information content (AvgIpc) is 2.79. The van der Waals surface area contributed by atoms with Crippen LogP contribution in [0.4, 0.5) is 0 Å². The fourth-order valence-electron chi connectivity index (χ4n) is 6.32. The van der Waals surface area contributed by atoms with E-state index in [0.717, 1.165) is 0 Å². The van der Waals surface area contributed by atoms with Crippen LogP contribution < -0.4 is 0 Å². The molecule has 26 heavy (non-hydrogen) atoms. The highest BCUT2D eigenvalue weighted by molar-refractivity contribution is 6.06. The van der Waals surface area contributed by atoms with Crippen LogP contribution in [0.25, 0.3) is 0 Å². The first-order valence-corrected chi connectivity index (χ1v) is 9.26. The first-order chi connectivity index (χ1) is 11.9. The largest absolute Gasteiger partial charge is 0.390 e. The summed E-state index contributed by atoms with van der Waals surface area (Å²) in [5, 5.41) is 46.0. The Hall–Kier alpha value is -1.05. The molecule has 4 N–H and O–H groups in total. The lowest BCUT2D eigenvalue weighted by molar-refractivity contribution is -0.327. The Morgan fingerprint density at radius 2 is 1.88 bits per heavy atom. The van der Waals surface area contributed by atoms with E-state index in [4.69, 9.17) is 4.74 Å². The number of ether oxygens (including phenoxy) is 1. The monoisotopic (exact) mass is 364 g/mol. The van der Waals surface area contributed by atoms with Gasteiger partial charge in [-0.2, -0.15) is 0 Å². The zero-order valence-corrected chi connectivity index (χ0v) is 15.6. The van der Waals surface area contributed by atoms with Gasteiger partial charge in [-0.25, -0.2) is 0 Å². The normalized spacial score (nSPS) is 55.0. The van der Waals surface area contributed by atoms with Crippen molar-refractivity contribution in [1.29, 1.82) is 0 Å². The van der Waals surface area contributed by atoms with Gasteiger partial charge in [-0.3, -0.25) is 4.79 Å². The summed E-state index contributed by atoms with van der Waals surface area (Å²) in [7, 11) is 0. The summed E-state index contributed by atoms with van der Waals surface area (Å²) in [5.74, 6) is -3.30. The molecule has 6 atom stereocenters. The fraction of sp³-hybridized carbons (Fsp3) is 0.750. The molecule has 6 nitrogen and oxygen atoms in total. The average molecular weight is 364 g/mol. The molecule has 1 aliphatic heterocycles. The van der Waals surface area contributed by atoms with Crippen molar-refractivity contribution < 1.29 is 30.0 Å². The second-order valence-electron chi connectivity index (χ2n) is 9.55. The first kappa shape index (κ1) is 18.3. The molecule has 2 bridgehead atoms. The number of allylic oxidation sites excluding steroid dienone is 2. The van der Waals surface area contributed by atoms with Gasteiger partial charge in [-0.05, 0) is 19.3 Å². The van der Waals surface area contributed by atoms with Crippen molar-refractivity contribution in [2.45, 2.75) is 69.5 Å². The van der Waals surface area contributed by atoms with Gasteiger partial charge in [0.25, 0.3) is 5.79 Å². The second-order valence-corrected chi connectivity index (χ2v) is 9.55. The van der Waals surface area contributed by atoms with E-state index in [9.17, 15) is 25.2 Å². The van der Waals surface area contributed by atoms with Gasteiger partial charge in [0, 0.05) is 16.4 Å². The topological polar surface area (TPSA) is 107 Å². The number of ketones is 1. The predicted octanol–water partition coefficient (Wildman–Crippen LogP) is 0.830. The number of rotatable bonds is 1. The molecule has 0 aromatic rings. The van der Waals surface area contributed by atoms with E-state index >= 15 is 0 Å². The van der Waals surface area contributed by atoms with Gasteiger partial charge in [-0.15, -0.1) is 6.58 Å². The molecule has 4 aliphatic rings. The van der Waals surface area contributed by atoms with Crippen LogP contribution in [0, 0.1) is 16.2 Å². The number of carbonyl (C=O) groups excluding carboxylic acids is 1. The minimum atomic E-state index is -2.44. The first-order valence-electron chi connectivity index (χ1n) is 9.26. The summed E-state index contributed by atoms with van der Waals surface area (Å²) < 4.78 is 5.58. The standard InChI is InChI=1S/C20H28O6/c1-5-16(4)9-12-14(22)19(24)20(25)15(2,3)7-6-8-17(20,11-26-19)18(12,23)13(21)10-16/h5,9,13,21,23-25H,1,6-8,10-11H2,2-4H3/t13-,16-,17+,18+,19+,20-/m1/s1. The van der Waals surface area contributed by atoms with Gasteiger partial charge < -0.3 is 25.2 Å². The smallest absolute Gasteiger partial charge is 0.262 e. The van der Waals surface area contributed by atoms with E-state index in [1.165, 1.54) is 0 Å². The minimum Gasteiger partial charge on any atom is -0.390 e. The van der Waals surface area contributed by atoms with Gasteiger partial charge in [-0.1, -0.05) is 39.3 Å². The Balaban J connectivity index is 2.07. The Morgan fingerprint density at radius 3 is 2.50 bits per heavy atom. The van der Waals surface area contributed by atoms with Crippen molar-refractivity contribution in [2.75, 3.05) is 6.61 Å². The Bertz CT molecular complexity index is 743. The molecule has 0 spiro atoms. The molecule has 3 fully saturated rings. The van der Waals surface area contributed by atoms with Gasteiger partial charge >= 0.3 is 0 Å². The van der Waals surface area contributed by atoms with E-state index in [1.54, 1.807) is 32.9 Å². The summed E-state index contributed by atoms with van der Waals surface area (Å²) in [6.07, 6.45) is 3.67. The number of hydrogen-bond donors (Lipinski definition) is 4. The van der Waals surface area contributed by atoms with E-state index < -0.39 is 45.1 Å². The van der Waals surface area contributed by atoms with Crippen molar-refractivity contribution in [2.24, 2.45) is 16.2 Å². The zero-order valence-electron chi connectivity index (χ0n) is 15.6. The maximum Gasteiger partial charge on any atom is 0.262 e. The molecule has 2 saturated carbocycles. The summed E-state index contributed by atoms with van der Waals surface area (Å²) in [6.45, 7) is 8.93. The second kappa shape index (κ2) is 4.67. The molecule has 144 valence electrons. The molecule has 0 unspecified atom stereocenters. The van der Waals surface area contributed by atoms with E-state index in [1.807, 2.05) is 0 Å². The van der Waals surface area contributed by atoms with Crippen LogP contribution in [-0.2, 0) is 9.53 Å². The lowest BCUT2D eigenvalue weighted by atomic mass is 9.39. The summed E-state index contributed by atoms with van der Waals surface area (Å²) in [5.41, 5.74) is -7.01. The predicted molar refractivity (Wildman–Crippen MR) is 92.9 cm³/mol. The van der Waals surface area contributed by atoms with Crippen LogP contribution >= 0.6 is 0 Å². The lowest BCUT2D eigenvalue weighted by Gasteiger charge is -2.66. The highest BCUT2D eigenvalue weighted by Gasteiger charge is 2.88. The summed E-state index contributed by atoms with van der Waals surface area (Å²) >= 11 is 0. The van der Waals surface area contributed by atoms with Gasteiger partial charge in [0.2, 0.25) is 5.78 Å². The molecule has 0 radical (unpaired) electrons. The SMILES string of the molecule is C=C[C@]1(C)C=C2C(=O)[C@]3(O)OC[C@@]4(CCCC(C)(C)[C@@]43O)[C@@]2(O)[C@H](O)C1. The molecule has 6 heteroatoms. The quantitative estimate of drug-likeness (QED) is 0.514. The number of aliphatic hydroxyl groups is 4. The van der Waals surface area contributed by atoms with Crippen molar-refractivity contribution >= 4 is 5.78 Å². The molecular formula is C20H28O6. The number of Topliss-reactive ketones (excluding diaryl/α,β-unsaturated/α-hetero) is 1. The minimum absolute atomic E-state index is 0.0685. The molecule has 3 aliphatic carbocycles. The number of fused-ring (bicyclic) bond motifs is 1. The van der Waals surface area contributed by atoms with Gasteiger partial charge in [0.05, 0.1) is 18.1 Å². The molecule has 4 rings (SSSR count). The van der Waals surface area contributed by atoms with Crippen LogP contribution in [0.3, 0.4) is 0 Å².